The first-order valence-corrected chi connectivity index (χ1v) is 15.3. The highest BCUT2D eigenvalue weighted by molar-refractivity contribution is 7.92. The lowest BCUT2D eigenvalue weighted by Gasteiger charge is -2.32. The normalized spacial score (nSPS) is 12.9. The molecule has 0 aromatic heterocycles. The van der Waals surface area contributed by atoms with Gasteiger partial charge in [-0.3, -0.25) is 13.9 Å². The van der Waals surface area contributed by atoms with E-state index in [1.165, 1.54) is 35.2 Å². The van der Waals surface area contributed by atoms with Gasteiger partial charge in [-0.25, -0.2) is 8.42 Å². The lowest BCUT2D eigenvalue weighted by atomic mass is 10.1. The van der Waals surface area contributed by atoms with Crippen LogP contribution < -0.4 is 9.62 Å². The molecule has 0 fully saturated rings. The predicted molar refractivity (Wildman–Crippen MR) is 162 cm³/mol. The molecule has 0 saturated heterocycles. The summed E-state index contributed by atoms with van der Waals surface area (Å²) in [5.74, 6) is -0.956. The number of nitrogens with zero attached hydrogens (tertiary/aromatic N) is 2. The zero-order valence-corrected chi connectivity index (χ0v) is 25.8. The molecule has 0 aliphatic rings. The summed E-state index contributed by atoms with van der Waals surface area (Å²) in [7, 11) is -4.23. The van der Waals surface area contributed by atoms with Crippen molar-refractivity contribution in [2.45, 2.75) is 57.6 Å². The summed E-state index contributed by atoms with van der Waals surface area (Å²) in [6.45, 7) is 6.68. The lowest BCUT2D eigenvalue weighted by molar-refractivity contribution is -0.139. The molecule has 0 saturated carbocycles. The molecule has 0 spiro atoms. The Kier molecular flexibility index (Phi) is 10.9. The van der Waals surface area contributed by atoms with Gasteiger partial charge in [-0.15, -0.1) is 0 Å². The van der Waals surface area contributed by atoms with Crippen LogP contribution in [0.15, 0.2) is 71.6 Å². The summed E-state index contributed by atoms with van der Waals surface area (Å²) >= 11 is 18.6. The van der Waals surface area contributed by atoms with Crippen molar-refractivity contribution < 1.29 is 18.0 Å². The van der Waals surface area contributed by atoms with E-state index >= 15 is 0 Å². The molecule has 1 N–H and O–H groups in total. The van der Waals surface area contributed by atoms with E-state index in [0.717, 1.165) is 9.87 Å². The van der Waals surface area contributed by atoms with Crippen molar-refractivity contribution in [1.29, 1.82) is 0 Å². The van der Waals surface area contributed by atoms with Crippen molar-refractivity contribution in [3.8, 4) is 0 Å². The van der Waals surface area contributed by atoms with Gasteiger partial charge in [-0.1, -0.05) is 71.6 Å². The number of carbonyl (C=O) groups excluding carboxylic acids is 2. The minimum absolute atomic E-state index is 0.00838. The van der Waals surface area contributed by atoms with Crippen LogP contribution in [0.5, 0.6) is 0 Å². The van der Waals surface area contributed by atoms with Gasteiger partial charge in [-0.05, 0) is 75.2 Å². The molecule has 0 heterocycles. The molecule has 3 rings (SSSR count). The lowest BCUT2D eigenvalue weighted by Crippen LogP contribution is -2.52. The van der Waals surface area contributed by atoms with Crippen molar-refractivity contribution in [3.05, 3.63) is 92.9 Å². The zero-order valence-electron chi connectivity index (χ0n) is 22.7. The number of sulfonamides is 1. The number of benzene rings is 3. The molecular weight excluding hydrogens is 593 g/mol. The first-order chi connectivity index (χ1) is 18.8. The summed E-state index contributed by atoms with van der Waals surface area (Å²) in [5.41, 5.74) is 1.68. The number of amides is 2. The molecule has 2 atom stereocenters. The van der Waals surface area contributed by atoms with E-state index in [2.05, 4.69) is 5.32 Å². The number of carbonyl (C=O) groups is 2. The molecular formula is C29H32Cl3N3O4S. The molecule has 0 bridgehead atoms. The molecule has 0 unspecified atom stereocenters. The van der Waals surface area contributed by atoms with Crippen molar-refractivity contribution in [1.82, 2.24) is 10.2 Å². The van der Waals surface area contributed by atoms with Crippen LogP contribution in [0.2, 0.25) is 15.1 Å². The second kappa shape index (κ2) is 13.7. The first kappa shape index (κ1) is 31.7. The number of nitrogens with one attached hydrogen (secondary N) is 1. The maximum Gasteiger partial charge on any atom is 0.264 e. The summed E-state index contributed by atoms with van der Waals surface area (Å²) < 4.78 is 28.7. The Hall–Kier alpha value is -2.78. The number of halogens is 3. The fraction of sp³-hybridized carbons (Fsp3) is 0.310. The quantitative estimate of drug-likeness (QED) is 0.265. The Morgan fingerprint density at radius 2 is 1.52 bits per heavy atom. The van der Waals surface area contributed by atoms with Gasteiger partial charge in [-0.2, -0.15) is 0 Å². The Balaban J connectivity index is 2.06. The third-order valence-electron chi connectivity index (χ3n) is 6.43. The molecule has 3 aromatic rings. The summed E-state index contributed by atoms with van der Waals surface area (Å²) in [4.78, 5) is 28.4. The van der Waals surface area contributed by atoms with Gasteiger partial charge in [0, 0.05) is 27.7 Å². The zero-order chi connectivity index (χ0) is 29.6. The number of anilines is 1. The van der Waals surface area contributed by atoms with Crippen LogP contribution in [-0.2, 0) is 26.2 Å². The van der Waals surface area contributed by atoms with Crippen molar-refractivity contribution in [2.24, 2.45) is 0 Å². The van der Waals surface area contributed by atoms with E-state index in [4.69, 9.17) is 34.8 Å². The molecule has 214 valence electrons. The number of hydrogen-bond acceptors (Lipinski definition) is 4. The van der Waals surface area contributed by atoms with E-state index in [9.17, 15) is 18.0 Å². The molecule has 0 radical (unpaired) electrons. The van der Waals surface area contributed by atoms with E-state index in [0.29, 0.717) is 17.0 Å². The number of aryl methyl sites for hydroxylation is 1. The maximum atomic E-state index is 14.0. The smallest absolute Gasteiger partial charge is 0.264 e. The van der Waals surface area contributed by atoms with Gasteiger partial charge in [0.05, 0.1) is 10.6 Å². The SMILES string of the molecule is CC[C@@H](C)NC(=O)[C@H](C)N(Cc1cccc(Cl)c1)C(=O)CN(c1cc(Cl)cc(Cl)c1)S(=O)(=O)c1ccc(C)cc1. The second-order valence-corrected chi connectivity index (χ2v) is 12.8. The predicted octanol–water partition coefficient (Wildman–Crippen LogP) is 6.48. The standard InChI is InChI=1S/C29H32Cl3N3O4S/c1-5-20(3)33-29(37)21(4)34(17-22-7-6-8-23(30)13-22)28(36)18-35(26-15-24(31)14-25(32)16-26)40(38,39)27-11-9-19(2)10-12-27/h6-16,20-21H,5,17-18H2,1-4H3,(H,33,37)/t20-,21+/m1/s1. The van der Waals surface area contributed by atoms with Gasteiger partial charge in [0.2, 0.25) is 11.8 Å². The Bertz CT molecular complexity index is 1450. The molecule has 7 nitrogen and oxygen atoms in total. The van der Waals surface area contributed by atoms with Gasteiger partial charge < -0.3 is 10.2 Å². The number of rotatable bonds is 11. The van der Waals surface area contributed by atoms with Gasteiger partial charge in [0.15, 0.2) is 0 Å². The summed E-state index contributed by atoms with van der Waals surface area (Å²) in [6, 6.07) is 16.5. The van der Waals surface area contributed by atoms with Crippen molar-refractivity contribution in [3.63, 3.8) is 0 Å². The first-order valence-electron chi connectivity index (χ1n) is 12.7. The molecule has 11 heteroatoms. The monoisotopic (exact) mass is 623 g/mol. The third kappa shape index (κ3) is 8.13. The third-order valence-corrected chi connectivity index (χ3v) is 8.89. The second-order valence-electron chi connectivity index (χ2n) is 9.60. The Morgan fingerprint density at radius 1 is 0.900 bits per heavy atom. The summed E-state index contributed by atoms with van der Waals surface area (Å²) in [6.07, 6.45) is 0.707. The Morgan fingerprint density at radius 3 is 2.10 bits per heavy atom. The molecule has 2 amide bonds. The highest BCUT2D eigenvalue weighted by atomic mass is 35.5. The molecule has 0 aliphatic carbocycles. The van der Waals surface area contributed by atoms with Crippen LogP contribution in [0.3, 0.4) is 0 Å². The average Bonchev–Trinajstić information content (AvgIpc) is 2.89. The minimum atomic E-state index is -4.23. The highest BCUT2D eigenvalue weighted by Crippen LogP contribution is 2.30. The minimum Gasteiger partial charge on any atom is -0.352 e. The number of hydrogen-bond donors (Lipinski definition) is 1. The van der Waals surface area contributed by atoms with Crippen LogP contribution >= 0.6 is 34.8 Å². The van der Waals surface area contributed by atoms with E-state index in [1.807, 2.05) is 20.8 Å². The molecule has 40 heavy (non-hydrogen) atoms. The van der Waals surface area contributed by atoms with Gasteiger partial charge in [0.25, 0.3) is 10.0 Å². The topological polar surface area (TPSA) is 86.8 Å². The molecule has 3 aromatic carbocycles. The van der Waals surface area contributed by atoms with E-state index in [1.54, 1.807) is 43.3 Å². The van der Waals surface area contributed by atoms with Crippen LogP contribution in [0, 0.1) is 6.92 Å². The van der Waals surface area contributed by atoms with Gasteiger partial charge in [0.1, 0.15) is 12.6 Å². The average molecular weight is 625 g/mol. The van der Waals surface area contributed by atoms with Gasteiger partial charge >= 0.3 is 0 Å². The largest absolute Gasteiger partial charge is 0.352 e. The van der Waals surface area contributed by atoms with Crippen molar-refractivity contribution in [2.75, 3.05) is 10.8 Å². The maximum absolute atomic E-state index is 14.0. The summed E-state index contributed by atoms with van der Waals surface area (Å²) in [5, 5.41) is 3.78. The fourth-order valence-electron chi connectivity index (χ4n) is 3.93. The van der Waals surface area contributed by atoms with Crippen LogP contribution in [-0.4, -0.2) is 43.8 Å². The molecule has 0 aliphatic heterocycles. The van der Waals surface area contributed by atoms with E-state index < -0.39 is 28.5 Å². The van der Waals surface area contributed by atoms with Crippen molar-refractivity contribution >= 4 is 62.3 Å². The Labute approximate surface area is 251 Å². The highest BCUT2D eigenvalue weighted by Gasteiger charge is 2.33. The van der Waals surface area contributed by atoms with E-state index in [-0.39, 0.29) is 39.1 Å². The van der Waals surface area contributed by atoms with Crippen LogP contribution in [0.25, 0.3) is 0 Å². The van der Waals surface area contributed by atoms with Crippen LogP contribution in [0.1, 0.15) is 38.3 Å². The fourth-order valence-corrected chi connectivity index (χ4v) is 6.05. The van der Waals surface area contributed by atoms with Crippen LogP contribution in [0.4, 0.5) is 5.69 Å².